The normalized spacial score (nSPS) is 36.8. The molecule has 2 aliphatic rings. The SMILES string of the molecule is CC1(C)C2CCC1(C)C(OC(=O)c1ccco1)C2. The molecule has 0 aliphatic heterocycles. The number of rotatable bonds is 2. The van der Waals surface area contributed by atoms with Crippen LogP contribution in [-0.4, -0.2) is 12.1 Å². The predicted octanol–water partition coefficient (Wildman–Crippen LogP) is 3.65. The topological polar surface area (TPSA) is 39.4 Å². The van der Waals surface area contributed by atoms with Crippen LogP contribution < -0.4 is 0 Å². The third-order valence-corrected chi connectivity index (χ3v) is 5.69. The summed E-state index contributed by atoms with van der Waals surface area (Å²) in [6, 6.07) is 3.37. The Kier molecular flexibility index (Phi) is 2.38. The van der Waals surface area contributed by atoms with E-state index >= 15 is 0 Å². The first-order valence-electron chi connectivity index (χ1n) is 6.69. The molecule has 0 radical (unpaired) electrons. The number of carbonyl (C=O) groups excluding carboxylic acids is 1. The minimum Gasteiger partial charge on any atom is -0.457 e. The van der Waals surface area contributed by atoms with E-state index in [2.05, 4.69) is 20.8 Å². The number of hydrogen-bond donors (Lipinski definition) is 0. The summed E-state index contributed by atoms with van der Waals surface area (Å²) in [6.07, 6.45) is 4.95. The predicted molar refractivity (Wildman–Crippen MR) is 67.1 cm³/mol. The van der Waals surface area contributed by atoms with Crippen LogP contribution >= 0.6 is 0 Å². The van der Waals surface area contributed by atoms with E-state index in [9.17, 15) is 4.79 Å². The molecule has 0 amide bonds. The molecule has 1 heterocycles. The Labute approximate surface area is 108 Å². The second-order valence-corrected chi connectivity index (χ2v) is 6.48. The Morgan fingerprint density at radius 3 is 2.72 bits per heavy atom. The van der Waals surface area contributed by atoms with Crippen molar-refractivity contribution in [2.75, 3.05) is 0 Å². The van der Waals surface area contributed by atoms with Gasteiger partial charge < -0.3 is 9.15 Å². The maximum atomic E-state index is 12.0. The zero-order valence-electron chi connectivity index (χ0n) is 11.2. The molecule has 98 valence electrons. The minimum atomic E-state index is -0.324. The van der Waals surface area contributed by atoms with E-state index in [0.717, 1.165) is 12.8 Å². The summed E-state index contributed by atoms with van der Waals surface area (Å²) in [6.45, 7) is 6.89. The van der Waals surface area contributed by atoms with Gasteiger partial charge in [-0.15, -0.1) is 0 Å². The van der Waals surface area contributed by atoms with Gasteiger partial charge in [0.25, 0.3) is 0 Å². The minimum absolute atomic E-state index is 0.0313. The molecular weight excluding hydrogens is 228 g/mol. The van der Waals surface area contributed by atoms with Gasteiger partial charge in [-0.05, 0) is 42.7 Å². The second kappa shape index (κ2) is 3.62. The van der Waals surface area contributed by atoms with Crippen LogP contribution in [0.4, 0.5) is 0 Å². The van der Waals surface area contributed by atoms with Crippen LogP contribution in [0, 0.1) is 16.7 Å². The van der Waals surface area contributed by atoms with Crippen LogP contribution in [0.1, 0.15) is 50.6 Å². The van der Waals surface area contributed by atoms with Crippen molar-refractivity contribution in [3.8, 4) is 0 Å². The lowest BCUT2D eigenvalue weighted by atomic mass is 9.70. The molecule has 3 heteroatoms. The Balaban J connectivity index is 1.78. The molecule has 3 unspecified atom stereocenters. The van der Waals surface area contributed by atoms with Crippen molar-refractivity contribution in [3.63, 3.8) is 0 Å². The summed E-state index contributed by atoms with van der Waals surface area (Å²) in [4.78, 5) is 12.0. The van der Waals surface area contributed by atoms with Gasteiger partial charge in [-0.3, -0.25) is 0 Å². The number of esters is 1. The van der Waals surface area contributed by atoms with Gasteiger partial charge in [0.1, 0.15) is 6.10 Å². The average molecular weight is 248 g/mol. The van der Waals surface area contributed by atoms with Crippen molar-refractivity contribution in [1.82, 2.24) is 0 Å². The molecule has 18 heavy (non-hydrogen) atoms. The van der Waals surface area contributed by atoms with Gasteiger partial charge in [-0.2, -0.15) is 0 Å². The highest BCUT2D eigenvalue weighted by Crippen LogP contribution is 2.66. The third-order valence-electron chi connectivity index (χ3n) is 5.69. The molecule has 0 spiro atoms. The maximum Gasteiger partial charge on any atom is 0.374 e. The fourth-order valence-corrected chi connectivity index (χ4v) is 3.89. The molecule has 1 aromatic rings. The van der Waals surface area contributed by atoms with Crippen LogP contribution in [0.2, 0.25) is 0 Å². The van der Waals surface area contributed by atoms with E-state index in [1.165, 1.54) is 12.7 Å². The Bertz CT molecular complexity index is 460. The van der Waals surface area contributed by atoms with Crippen molar-refractivity contribution >= 4 is 5.97 Å². The molecule has 0 aromatic carbocycles. The number of hydrogen-bond acceptors (Lipinski definition) is 3. The first-order valence-corrected chi connectivity index (χ1v) is 6.69. The number of fused-ring (bicyclic) bond motifs is 2. The highest BCUT2D eigenvalue weighted by Gasteiger charge is 2.62. The van der Waals surface area contributed by atoms with E-state index in [-0.39, 0.29) is 22.9 Å². The maximum absolute atomic E-state index is 12.0. The molecule has 0 N–H and O–H groups in total. The molecular formula is C15H20O3. The average Bonchev–Trinajstić information content (AvgIpc) is 2.95. The third kappa shape index (κ3) is 1.39. The van der Waals surface area contributed by atoms with E-state index < -0.39 is 0 Å². The summed E-state index contributed by atoms with van der Waals surface area (Å²) in [7, 11) is 0. The highest BCUT2D eigenvalue weighted by atomic mass is 16.6. The molecule has 2 fully saturated rings. The summed E-state index contributed by atoms with van der Waals surface area (Å²) in [5.74, 6) is 0.658. The highest BCUT2D eigenvalue weighted by molar-refractivity contribution is 5.86. The Hall–Kier alpha value is -1.25. The van der Waals surface area contributed by atoms with E-state index in [1.54, 1.807) is 12.1 Å². The van der Waals surface area contributed by atoms with Crippen molar-refractivity contribution in [2.24, 2.45) is 16.7 Å². The molecule has 1 aromatic heterocycles. The van der Waals surface area contributed by atoms with Gasteiger partial charge in [0, 0.05) is 5.41 Å². The van der Waals surface area contributed by atoms with E-state index in [0.29, 0.717) is 11.7 Å². The van der Waals surface area contributed by atoms with Gasteiger partial charge in [0.15, 0.2) is 0 Å². The van der Waals surface area contributed by atoms with Crippen LogP contribution in [0.5, 0.6) is 0 Å². The monoisotopic (exact) mass is 248 g/mol. The molecule has 3 rings (SSSR count). The van der Waals surface area contributed by atoms with Crippen LogP contribution in [0.15, 0.2) is 22.8 Å². The number of carbonyl (C=O) groups is 1. The van der Waals surface area contributed by atoms with Gasteiger partial charge in [-0.25, -0.2) is 4.79 Å². The molecule has 2 aliphatic carbocycles. The van der Waals surface area contributed by atoms with Crippen LogP contribution in [-0.2, 0) is 4.74 Å². The summed E-state index contributed by atoms with van der Waals surface area (Å²) < 4.78 is 10.8. The summed E-state index contributed by atoms with van der Waals surface area (Å²) in [5, 5.41) is 0. The van der Waals surface area contributed by atoms with Crippen molar-refractivity contribution in [3.05, 3.63) is 24.2 Å². The van der Waals surface area contributed by atoms with Crippen LogP contribution in [0.25, 0.3) is 0 Å². The second-order valence-electron chi connectivity index (χ2n) is 6.48. The zero-order chi connectivity index (χ0) is 13.0. The molecule has 2 bridgehead atoms. The molecule has 2 saturated carbocycles. The largest absolute Gasteiger partial charge is 0.457 e. The number of furan rings is 1. The van der Waals surface area contributed by atoms with E-state index in [1.807, 2.05) is 0 Å². The van der Waals surface area contributed by atoms with E-state index in [4.69, 9.17) is 9.15 Å². The van der Waals surface area contributed by atoms with Crippen molar-refractivity contribution in [1.29, 1.82) is 0 Å². The quantitative estimate of drug-likeness (QED) is 0.750. The van der Waals surface area contributed by atoms with Crippen molar-refractivity contribution in [2.45, 2.75) is 46.1 Å². The first-order chi connectivity index (χ1) is 8.45. The summed E-state index contributed by atoms with van der Waals surface area (Å²) >= 11 is 0. The van der Waals surface area contributed by atoms with Crippen LogP contribution in [0.3, 0.4) is 0 Å². The molecule has 0 saturated heterocycles. The fourth-order valence-electron chi connectivity index (χ4n) is 3.89. The molecule has 3 atom stereocenters. The Morgan fingerprint density at radius 2 is 2.22 bits per heavy atom. The Morgan fingerprint density at radius 1 is 1.44 bits per heavy atom. The summed E-state index contributed by atoms with van der Waals surface area (Å²) in [5.41, 5.74) is 0.376. The standard InChI is InChI=1S/C15H20O3/c1-14(2)10-6-7-15(14,3)12(9-10)18-13(16)11-5-4-8-17-11/h4-5,8,10,12H,6-7,9H2,1-3H3. The van der Waals surface area contributed by atoms with Gasteiger partial charge in [0.05, 0.1) is 6.26 Å². The number of ether oxygens (including phenoxy) is 1. The lowest BCUT2D eigenvalue weighted by molar-refractivity contribution is -0.0265. The smallest absolute Gasteiger partial charge is 0.374 e. The fraction of sp³-hybridized carbons (Fsp3) is 0.667. The lowest BCUT2D eigenvalue weighted by Gasteiger charge is -2.38. The van der Waals surface area contributed by atoms with Gasteiger partial charge >= 0.3 is 5.97 Å². The van der Waals surface area contributed by atoms with Gasteiger partial charge in [-0.1, -0.05) is 20.8 Å². The zero-order valence-corrected chi connectivity index (χ0v) is 11.2. The lowest BCUT2D eigenvalue weighted by Crippen LogP contribution is -2.38. The molecule has 3 nitrogen and oxygen atoms in total. The van der Waals surface area contributed by atoms with Gasteiger partial charge in [0.2, 0.25) is 5.76 Å². The van der Waals surface area contributed by atoms with Crippen molar-refractivity contribution < 1.29 is 13.9 Å². The first kappa shape index (κ1) is 11.8.